The molecule has 4 nitrogen and oxygen atoms in total. The molecule has 21 heavy (non-hydrogen) atoms. The van der Waals surface area contributed by atoms with Crippen LogP contribution < -0.4 is 4.74 Å². The third-order valence-electron chi connectivity index (χ3n) is 2.90. The van der Waals surface area contributed by atoms with E-state index in [0.29, 0.717) is 11.3 Å². The Morgan fingerprint density at radius 3 is 2.57 bits per heavy atom. The van der Waals surface area contributed by atoms with Gasteiger partial charge in [-0.25, -0.2) is 4.79 Å². The number of rotatable bonds is 6. The Balaban J connectivity index is 2.08. The zero-order valence-corrected chi connectivity index (χ0v) is 12.2. The summed E-state index contributed by atoms with van der Waals surface area (Å²) in [6.45, 7) is 2.23. The molecule has 0 amide bonds. The van der Waals surface area contributed by atoms with Crippen molar-refractivity contribution < 1.29 is 19.0 Å². The fraction of sp³-hybridized carbons (Fsp3) is 0.235. The molecule has 0 spiro atoms. The van der Waals surface area contributed by atoms with E-state index in [9.17, 15) is 4.79 Å². The molecule has 0 aliphatic carbocycles. The first-order chi connectivity index (χ1) is 10.2. The van der Waals surface area contributed by atoms with Crippen LogP contribution in [0.1, 0.15) is 21.5 Å². The highest BCUT2D eigenvalue weighted by atomic mass is 16.7. The van der Waals surface area contributed by atoms with Crippen molar-refractivity contribution in [2.45, 2.75) is 13.5 Å². The van der Waals surface area contributed by atoms with Crippen LogP contribution in [0.5, 0.6) is 5.75 Å². The predicted octanol–water partition coefficient (Wildman–Crippen LogP) is 3.33. The lowest BCUT2D eigenvalue weighted by atomic mass is 10.1. The van der Waals surface area contributed by atoms with Crippen LogP contribution in [-0.2, 0) is 16.1 Å². The first-order valence-electron chi connectivity index (χ1n) is 6.64. The zero-order chi connectivity index (χ0) is 15.1. The van der Waals surface area contributed by atoms with Gasteiger partial charge in [-0.3, -0.25) is 0 Å². The van der Waals surface area contributed by atoms with E-state index in [1.165, 1.54) is 7.11 Å². The van der Waals surface area contributed by atoms with Crippen molar-refractivity contribution in [3.8, 4) is 5.75 Å². The molecule has 0 aliphatic heterocycles. The van der Waals surface area contributed by atoms with Crippen molar-refractivity contribution in [2.75, 3.05) is 13.9 Å². The molecule has 110 valence electrons. The second-order valence-corrected chi connectivity index (χ2v) is 4.61. The molecule has 4 heteroatoms. The monoisotopic (exact) mass is 286 g/mol. The Morgan fingerprint density at radius 2 is 1.86 bits per heavy atom. The fourth-order valence-electron chi connectivity index (χ4n) is 1.85. The van der Waals surface area contributed by atoms with Crippen molar-refractivity contribution in [1.82, 2.24) is 0 Å². The van der Waals surface area contributed by atoms with Crippen molar-refractivity contribution in [3.05, 3.63) is 65.2 Å². The number of carbonyl (C=O) groups is 1. The van der Waals surface area contributed by atoms with Gasteiger partial charge in [-0.05, 0) is 24.6 Å². The smallest absolute Gasteiger partial charge is 0.342 e. The zero-order valence-electron chi connectivity index (χ0n) is 12.2. The van der Waals surface area contributed by atoms with E-state index < -0.39 is 5.97 Å². The van der Waals surface area contributed by atoms with Gasteiger partial charge in [0, 0.05) is 7.11 Å². The number of carbonyl (C=O) groups excluding carboxylic acids is 1. The third-order valence-corrected chi connectivity index (χ3v) is 2.90. The number of benzene rings is 2. The quantitative estimate of drug-likeness (QED) is 0.603. The summed E-state index contributed by atoms with van der Waals surface area (Å²) in [5.74, 6) is 0.0502. The Bertz CT molecular complexity index is 593. The van der Waals surface area contributed by atoms with E-state index in [2.05, 4.69) is 0 Å². The third kappa shape index (κ3) is 4.33. The molecule has 0 heterocycles. The van der Waals surface area contributed by atoms with Gasteiger partial charge in [-0.2, -0.15) is 0 Å². The molecular weight excluding hydrogens is 268 g/mol. The van der Waals surface area contributed by atoms with E-state index in [1.807, 2.05) is 43.3 Å². The molecule has 0 atom stereocenters. The van der Waals surface area contributed by atoms with Crippen LogP contribution >= 0.6 is 0 Å². The highest BCUT2D eigenvalue weighted by Crippen LogP contribution is 2.21. The molecule has 2 rings (SSSR count). The maximum absolute atomic E-state index is 12.2. The molecule has 0 fully saturated rings. The first-order valence-corrected chi connectivity index (χ1v) is 6.64. The molecule has 2 aromatic rings. The summed E-state index contributed by atoms with van der Waals surface area (Å²) in [6, 6.07) is 14.9. The summed E-state index contributed by atoms with van der Waals surface area (Å²) in [5.41, 5.74) is 2.31. The second-order valence-electron chi connectivity index (χ2n) is 4.61. The van der Waals surface area contributed by atoms with E-state index in [0.717, 1.165) is 11.1 Å². The van der Waals surface area contributed by atoms with Crippen LogP contribution in [0.3, 0.4) is 0 Å². The van der Waals surface area contributed by atoms with Gasteiger partial charge < -0.3 is 14.2 Å². The molecule has 0 unspecified atom stereocenters. The fourth-order valence-corrected chi connectivity index (χ4v) is 1.85. The normalized spacial score (nSPS) is 10.2. The van der Waals surface area contributed by atoms with Crippen molar-refractivity contribution in [3.63, 3.8) is 0 Å². The first kappa shape index (κ1) is 15.1. The minimum absolute atomic E-state index is 0.0853. The maximum Gasteiger partial charge on any atom is 0.342 e. The lowest BCUT2D eigenvalue weighted by molar-refractivity contribution is 0.0408. The lowest BCUT2D eigenvalue weighted by Gasteiger charge is -2.11. The van der Waals surface area contributed by atoms with E-state index in [4.69, 9.17) is 14.2 Å². The Kier molecular flexibility index (Phi) is 5.35. The maximum atomic E-state index is 12.2. The van der Waals surface area contributed by atoms with Gasteiger partial charge in [0.2, 0.25) is 0 Å². The van der Waals surface area contributed by atoms with Crippen LogP contribution in [0.15, 0.2) is 48.5 Å². The molecule has 0 saturated carbocycles. The standard InChI is InChI=1S/C17H18O4/c1-13-8-9-16(21-12-19-2)15(10-13)17(18)20-11-14-6-4-3-5-7-14/h3-10H,11-12H2,1-2H3. The molecule has 0 bridgehead atoms. The number of hydrogen-bond acceptors (Lipinski definition) is 4. The lowest BCUT2D eigenvalue weighted by Crippen LogP contribution is -2.09. The van der Waals surface area contributed by atoms with E-state index in [1.54, 1.807) is 12.1 Å². The molecule has 0 radical (unpaired) electrons. The number of ether oxygens (including phenoxy) is 3. The summed E-state index contributed by atoms with van der Waals surface area (Å²) in [5, 5.41) is 0. The van der Waals surface area contributed by atoms with Gasteiger partial charge >= 0.3 is 5.97 Å². The summed E-state index contributed by atoms with van der Waals surface area (Å²) in [6.07, 6.45) is 0. The molecule has 0 N–H and O–H groups in total. The summed E-state index contributed by atoms with van der Waals surface area (Å²) < 4.78 is 15.6. The molecule has 2 aromatic carbocycles. The van der Waals surface area contributed by atoms with Gasteiger partial charge in [0.15, 0.2) is 6.79 Å². The minimum Gasteiger partial charge on any atom is -0.467 e. The van der Waals surface area contributed by atoms with Crippen LogP contribution in [0, 0.1) is 6.92 Å². The van der Waals surface area contributed by atoms with E-state index >= 15 is 0 Å². The van der Waals surface area contributed by atoms with Gasteiger partial charge in [-0.15, -0.1) is 0 Å². The van der Waals surface area contributed by atoms with Gasteiger partial charge in [0.25, 0.3) is 0 Å². The number of hydrogen-bond donors (Lipinski definition) is 0. The van der Waals surface area contributed by atoms with Crippen LogP contribution in [-0.4, -0.2) is 19.9 Å². The van der Waals surface area contributed by atoms with Crippen LogP contribution in [0.2, 0.25) is 0 Å². The second kappa shape index (κ2) is 7.45. The highest BCUT2D eigenvalue weighted by Gasteiger charge is 2.14. The van der Waals surface area contributed by atoms with Crippen molar-refractivity contribution in [2.24, 2.45) is 0 Å². The van der Waals surface area contributed by atoms with Crippen LogP contribution in [0.25, 0.3) is 0 Å². The average Bonchev–Trinajstić information content (AvgIpc) is 2.52. The number of esters is 1. The van der Waals surface area contributed by atoms with Gasteiger partial charge in [-0.1, -0.05) is 42.0 Å². The summed E-state index contributed by atoms with van der Waals surface area (Å²) in [4.78, 5) is 12.2. The topological polar surface area (TPSA) is 44.8 Å². The molecule has 0 aliphatic rings. The minimum atomic E-state index is -0.409. The SMILES string of the molecule is COCOc1ccc(C)cc1C(=O)OCc1ccccc1. The molecule has 0 aromatic heterocycles. The Hall–Kier alpha value is -2.33. The summed E-state index contributed by atoms with van der Waals surface area (Å²) >= 11 is 0. The Labute approximate surface area is 124 Å². The molecule has 0 saturated heterocycles. The van der Waals surface area contributed by atoms with Crippen molar-refractivity contribution >= 4 is 5.97 Å². The summed E-state index contributed by atoms with van der Waals surface area (Å²) in [7, 11) is 1.53. The van der Waals surface area contributed by atoms with E-state index in [-0.39, 0.29) is 13.4 Å². The van der Waals surface area contributed by atoms with Gasteiger partial charge in [0.1, 0.15) is 17.9 Å². The highest BCUT2D eigenvalue weighted by molar-refractivity contribution is 5.92. The number of aryl methyl sites for hydroxylation is 1. The predicted molar refractivity (Wildman–Crippen MR) is 79.2 cm³/mol. The van der Waals surface area contributed by atoms with Crippen LogP contribution in [0.4, 0.5) is 0 Å². The largest absolute Gasteiger partial charge is 0.467 e. The molecular formula is C17H18O4. The van der Waals surface area contributed by atoms with Crippen molar-refractivity contribution in [1.29, 1.82) is 0 Å². The Morgan fingerprint density at radius 1 is 1.10 bits per heavy atom. The average molecular weight is 286 g/mol. The van der Waals surface area contributed by atoms with Gasteiger partial charge in [0.05, 0.1) is 0 Å². The number of methoxy groups -OCH3 is 1.